The van der Waals surface area contributed by atoms with Gasteiger partial charge in [0.25, 0.3) is 0 Å². The van der Waals surface area contributed by atoms with Crippen molar-refractivity contribution in [2.45, 2.75) is 47.0 Å². The van der Waals surface area contributed by atoms with Gasteiger partial charge in [-0.05, 0) is 36.3 Å². The summed E-state index contributed by atoms with van der Waals surface area (Å²) in [6.07, 6.45) is 1.08. The van der Waals surface area contributed by atoms with Gasteiger partial charge in [0.15, 0.2) is 0 Å². The van der Waals surface area contributed by atoms with Gasteiger partial charge in [0.05, 0.1) is 0 Å². The normalized spacial score (nSPS) is 18.6. The monoisotopic (exact) mass is 232 g/mol. The summed E-state index contributed by atoms with van der Waals surface area (Å²) in [5.41, 5.74) is 2.82. The van der Waals surface area contributed by atoms with Crippen LogP contribution in [-0.4, -0.2) is 5.78 Å². The molecule has 2 unspecified atom stereocenters. The van der Waals surface area contributed by atoms with Crippen LogP contribution < -0.4 is 0 Å². The van der Waals surface area contributed by atoms with E-state index < -0.39 is 0 Å². The molecule has 2 atom stereocenters. The average Bonchev–Trinajstić information content (AvgIpc) is 2.27. The van der Waals surface area contributed by atoms with Crippen LogP contribution in [0.3, 0.4) is 0 Å². The van der Waals surface area contributed by atoms with Gasteiger partial charge in [-0.15, -0.1) is 0 Å². The van der Waals surface area contributed by atoms with Gasteiger partial charge < -0.3 is 0 Å². The van der Waals surface area contributed by atoms with E-state index >= 15 is 0 Å². The van der Waals surface area contributed by atoms with Gasteiger partial charge >= 0.3 is 0 Å². The standard InChI is InChI=1S/C14H18O.C2H6/c1-9(2)14(10(3)15)13-8-11-6-4-5-7-12(11)13;1-2/h4-7,9,13-14H,8H2,1-3H3;1-2H3. The molecular formula is C16H24O. The molecular weight excluding hydrogens is 208 g/mol. The molecule has 1 aliphatic carbocycles. The van der Waals surface area contributed by atoms with E-state index in [4.69, 9.17) is 0 Å². The molecule has 0 saturated heterocycles. The quantitative estimate of drug-likeness (QED) is 0.762. The number of fused-ring (bicyclic) bond motifs is 1. The summed E-state index contributed by atoms with van der Waals surface area (Å²) in [7, 11) is 0. The third kappa shape index (κ3) is 2.77. The maximum absolute atomic E-state index is 11.6. The second kappa shape index (κ2) is 6.00. The average molecular weight is 232 g/mol. The highest BCUT2D eigenvalue weighted by Crippen LogP contribution is 2.43. The van der Waals surface area contributed by atoms with Crippen LogP contribution in [0.25, 0.3) is 0 Å². The second-order valence-corrected chi connectivity index (χ2v) is 4.89. The van der Waals surface area contributed by atoms with Crippen LogP contribution in [0.15, 0.2) is 24.3 Å². The summed E-state index contributed by atoms with van der Waals surface area (Å²) in [5.74, 6) is 1.46. The molecule has 0 spiro atoms. The molecule has 0 radical (unpaired) electrons. The first-order chi connectivity index (χ1) is 8.11. The highest BCUT2D eigenvalue weighted by atomic mass is 16.1. The Kier molecular flexibility index (Phi) is 4.92. The van der Waals surface area contributed by atoms with Gasteiger partial charge in [-0.1, -0.05) is 52.0 Å². The Morgan fingerprint density at radius 2 is 1.82 bits per heavy atom. The van der Waals surface area contributed by atoms with Crippen molar-refractivity contribution in [3.63, 3.8) is 0 Å². The molecule has 1 aromatic rings. The van der Waals surface area contributed by atoms with Crippen molar-refractivity contribution in [1.82, 2.24) is 0 Å². The van der Waals surface area contributed by atoms with E-state index in [1.54, 1.807) is 6.92 Å². The Morgan fingerprint density at radius 1 is 1.24 bits per heavy atom. The minimum atomic E-state index is 0.208. The van der Waals surface area contributed by atoms with E-state index in [2.05, 4.69) is 38.1 Å². The number of rotatable bonds is 3. The Hall–Kier alpha value is -1.11. The number of benzene rings is 1. The summed E-state index contributed by atoms with van der Waals surface area (Å²) < 4.78 is 0. The molecule has 0 amide bonds. The van der Waals surface area contributed by atoms with E-state index in [-0.39, 0.29) is 5.92 Å². The fourth-order valence-corrected chi connectivity index (χ4v) is 2.84. The van der Waals surface area contributed by atoms with Crippen molar-refractivity contribution in [2.24, 2.45) is 11.8 Å². The molecule has 0 heterocycles. The fraction of sp³-hybridized carbons (Fsp3) is 0.562. The Morgan fingerprint density at radius 3 is 2.29 bits per heavy atom. The lowest BCUT2D eigenvalue weighted by molar-refractivity contribution is -0.123. The topological polar surface area (TPSA) is 17.1 Å². The zero-order valence-corrected chi connectivity index (χ0v) is 11.7. The molecule has 1 nitrogen and oxygen atoms in total. The lowest BCUT2D eigenvalue weighted by atomic mass is 9.66. The molecule has 1 aliphatic rings. The van der Waals surface area contributed by atoms with Crippen molar-refractivity contribution in [3.8, 4) is 0 Å². The lowest BCUT2D eigenvalue weighted by Gasteiger charge is -2.37. The number of hydrogen-bond donors (Lipinski definition) is 0. The van der Waals surface area contributed by atoms with E-state index in [9.17, 15) is 4.79 Å². The Labute approximate surface area is 105 Å². The van der Waals surface area contributed by atoms with Crippen LogP contribution in [-0.2, 0) is 11.2 Å². The van der Waals surface area contributed by atoms with Crippen LogP contribution >= 0.6 is 0 Å². The highest BCUT2D eigenvalue weighted by molar-refractivity contribution is 5.80. The molecule has 0 aromatic heterocycles. The van der Waals surface area contributed by atoms with Crippen LogP contribution in [0.2, 0.25) is 0 Å². The molecule has 0 saturated carbocycles. The van der Waals surface area contributed by atoms with Gasteiger partial charge in [0, 0.05) is 5.92 Å². The van der Waals surface area contributed by atoms with Gasteiger partial charge in [-0.3, -0.25) is 4.79 Å². The van der Waals surface area contributed by atoms with Gasteiger partial charge in [0.1, 0.15) is 5.78 Å². The zero-order valence-electron chi connectivity index (χ0n) is 11.7. The Balaban J connectivity index is 0.000000686. The maximum atomic E-state index is 11.6. The predicted molar refractivity (Wildman–Crippen MR) is 73.2 cm³/mol. The van der Waals surface area contributed by atoms with Crippen LogP contribution in [0.1, 0.15) is 51.7 Å². The first kappa shape index (κ1) is 14.0. The SMILES string of the molecule is CC.CC(=O)C(C(C)C)C1Cc2ccccc21. The van der Waals surface area contributed by atoms with Crippen LogP contribution in [0, 0.1) is 11.8 Å². The van der Waals surface area contributed by atoms with Gasteiger partial charge in [-0.25, -0.2) is 0 Å². The van der Waals surface area contributed by atoms with Crippen molar-refractivity contribution in [3.05, 3.63) is 35.4 Å². The minimum Gasteiger partial charge on any atom is -0.300 e. The summed E-state index contributed by atoms with van der Waals surface area (Å²) >= 11 is 0. The fourth-order valence-electron chi connectivity index (χ4n) is 2.84. The minimum absolute atomic E-state index is 0.208. The lowest BCUT2D eigenvalue weighted by Crippen LogP contribution is -2.32. The van der Waals surface area contributed by atoms with Gasteiger partial charge in [-0.2, -0.15) is 0 Å². The molecule has 0 aliphatic heterocycles. The predicted octanol–water partition coefficient (Wildman–Crippen LogP) is 4.21. The second-order valence-electron chi connectivity index (χ2n) is 4.89. The van der Waals surface area contributed by atoms with E-state index in [0.29, 0.717) is 17.6 Å². The smallest absolute Gasteiger partial charge is 0.133 e. The molecule has 1 heteroatoms. The largest absolute Gasteiger partial charge is 0.300 e. The Bertz CT molecular complexity index is 379. The number of carbonyl (C=O) groups excluding carboxylic acids is 1. The van der Waals surface area contributed by atoms with Gasteiger partial charge in [0.2, 0.25) is 0 Å². The molecule has 2 rings (SSSR count). The number of carbonyl (C=O) groups is 1. The third-order valence-corrected chi connectivity index (χ3v) is 3.52. The molecule has 0 fully saturated rings. The summed E-state index contributed by atoms with van der Waals surface area (Å²) in [6.45, 7) is 10.0. The first-order valence-corrected chi connectivity index (χ1v) is 6.69. The molecule has 1 aromatic carbocycles. The first-order valence-electron chi connectivity index (χ1n) is 6.69. The molecule has 0 bridgehead atoms. The summed E-state index contributed by atoms with van der Waals surface area (Å²) in [5, 5.41) is 0. The van der Waals surface area contributed by atoms with Crippen molar-refractivity contribution < 1.29 is 4.79 Å². The number of hydrogen-bond acceptors (Lipinski definition) is 1. The zero-order chi connectivity index (χ0) is 13.0. The molecule has 0 N–H and O–H groups in total. The van der Waals surface area contributed by atoms with Crippen molar-refractivity contribution in [2.75, 3.05) is 0 Å². The van der Waals surface area contributed by atoms with E-state index in [1.807, 2.05) is 13.8 Å². The highest BCUT2D eigenvalue weighted by Gasteiger charge is 2.36. The van der Waals surface area contributed by atoms with Crippen LogP contribution in [0.4, 0.5) is 0 Å². The third-order valence-electron chi connectivity index (χ3n) is 3.52. The number of ketones is 1. The summed E-state index contributed by atoms with van der Waals surface area (Å²) in [4.78, 5) is 11.6. The van der Waals surface area contributed by atoms with E-state index in [0.717, 1.165) is 6.42 Å². The van der Waals surface area contributed by atoms with E-state index in [1.165, 1.54) is 11.1 Å². The van der Waals surface area contributed by atoms with Crippen LogP contribution in [0.5, 0.6) is 0 Å². The molecule has 94 valence electrons. The van der Waals surface area contributed by atoms with Crippen molar-refractivity contribution >= 4 is 5.78 Å². The summed E-state index contributed by atoms with van der Waals surface area (Å²) in [6, 6.07) is 8.49. The molecule has 17 heavy (non-hydrogen) atoms. The maximum Gasteiger partial charge on any atom is 0.133 e. The number of Topliss-reactive ketones (excluding diaryl/α,β-unsaturated/α-hetero) is 1. The van der Waals surface area contributed by atoms with Crippen molar-refractivity contribution in [1.29, 1.82) is 0 Å².